The average molecular weight is 418 g/mol. The van der Waals surface area contributed by atoms with E-state index in [0.29, 0.717) is 24.6 Å². The van der Waals surface area contributed by atoms with Gasteiger partial charge in [0.2, 0.25) is 5.91 Å². The van der Waals surface area contributed by atoms with Crippen LogP contribution in [0.25, 0.3) is 0 Å². The van der Waals surface area contributed by atoms with Gasteiger partial charge in [0.1, 0.15) is 11.4 Å². The summed E-state index contributed by atoms with van der Waals surface area (Å²) >= 11 is 1.39. The summed E-state index contributed by atoms with van der Waals surface area (Å²) in [5.74, 6) is -0.425. The number of hydrogen-bond donors (Lipinski definition) is 1. The molecule has 1 aromatic carbocycles. The van der Waals surface area contributed by atoms with Crippen LogP contribution >= 0.6 is 11.3 Å². The highest BCUT2D eigenvalue weighted by molar-refractivity contribution is 7.15. The lowest BCUT2D eigenvalue weighted by molar-refractivity contribution is -0.118. The molecule has 0 atom stereocenters. The first-order chi connectivity index (χ1) is 13.7. The number of nitrogens with one attached hydrogen (secondary N) is 1. The van der Waals surface area contributed by atoms with Gasteiger partial charge in [0, 0.05) is 17.8 Å². The maximum atomic E-state index is 13.2. The standard InChI is InChI=1S/C21H24FN3O3S/c1-20(2,3)28-19(27)25-11-8-15-16(12-25)29-18(23-15)24-17(26)21(9-10-21)13-4-6-14(22)7-5-13/h4-7H,8-12H2,1-3H3,(H,23,24,26). The van der Waals surface area contributed by atoms with Gasteiger partial charge >= 0.3 is 6.09 Å². The highest BCUT2D eigenvalue weighted by Crippen LogP contribution is 2.49. The van der Waals surface area contributed by atoms with Crippen LogP contribution < -0.4 is 5.32 Å². The molecule has 1 aliphatic carbocycles. The van der Waals surface area contributed by atoms with Crippen LogP contribution in [-0.2, 0) is 27.9 Å². The third-order valence-corrected chi connectivity index (χ3v) is 6.18. The summed E-state index contributed by atoms with van der Waals surface area (Å²) in [6, 6.07) is 6.12. The molecule has 4 rings (SSSR count). The molecule has 2 aliphatic rings. The van der Waals surface area contributed by atoms with E-state index in [2.05, 4.69) is 10.3 Å². The minimum atomic E-state index is -0.595. The fraction of sp³-hybridized carbons (Fsp3) is 0.476. The van der Waals surface area contributed by atoms with Crippen molar-refractivity contribution in [3.8, 4) is 0 Å². The summed E-state index contributed by atoms with van der Waals surface area (Å²) in [6.07, 6.45) is 1.77. The van der Waals surface area contributed by atoms with E-state index in [9.17, 15) is 14.0 Å². The number of aromatic nitrogens is 1. The summed E-state index contributed by atoms with van der Waals surface area (Å²) in [5, 5.41) is 3.48. The van der Waals surface area contributed by atoms with Gasteiger partial charge in [-0.1, -0.05) is 23.5 Å². The van der Waals surface area contributed by atoms with Crippen LogP contribution in [0.2, 0.25) is 0 Å². The van der Waals surface area contributed by atoms with Gasteiger partial charge in [-0.2, -0.15) is 0 Å². The van der Waals surface area contributed by atoms with Gasteiger partial charge in [0.15, 0.2) is 5.13 Å². The SMILES string of the molecule is CC(C)(C)OC(=O)N1CCc2nc(NC(=O)C3(c4ccc(F)cc4)CC3)sc2C1. The van der Waals surface area contributed by atoms with Crippen LogP contribution in [-0.4, -0.2) is 34.0 Å². The number of nitrogens with zero attached hydrogens (tertiary/aromatic N) is 2. The number of carbonyl (C=O) groups excluding carboxylic acids is 2. The number of hydrogen-bond acceptors (Lipinski definition) is 5. The smallest absolute Gasteiger partial charge is 0.410 e. The lowest BCUT2D eigenvalue weighted by Gasteiger charge is -2.29. The molecule has 8 heteroatoms. The zero-order chi connectivity index (χ0) is 20.8. The van der Waals surface area contributed by atoms with Crippen molar-refractivity contribution in [1.29, 1.82) is 0 Å². The van der Waals surface area contributed by atoms with E-state index in [1.54, 1.807) is 17.0 Å². The fourth-order valence-corrected chi connectivity index (χ4v) is 4.51. The van der Waals surface area contributed by atoms with Gasteiger partial charge in [-0.3, -0.25) is 4.79 Å². The number of benzene rings is 1. The molecule has 1 aromatic heterocycles. The molecule has 154 valence electrons. The van der Waals surface area contributed by atoms with Crippen molar-refractivity contribution in [2.75, 3.05) is 11.9 Å². The Bertz CT molecular complexity index is 945. The van der Waals surface area contributed by atoms with Gasteiger partial charge in [-0.05, 0) is 51.3 Å². The third-order valence-electron chi connectivity index (χ3n) is 5.18. The summed E-state index contributed by atoms with van der Waals surface area (Å²) in [7, 11) is 0. The Morgan fingerprint density at radius 2 is 1.93 bits per heavy atom. The largest absolute Gasteiger partial charge is 0.444 e. The number of rotatable bonds is 3. The van der Waals surface area contributed by atoms with E-state index in [1.807, 2.05) is 20.8 Å². The first-order valence-electron chi connectivity index (χ1n) is 9.70. The minimum Gasteiger partial charge on any atom is -0.444 e. The number of anilines is 1. The van der Waals surface area contributed by atoms with Crippen molar-refractivity contribution in [1.82, 2.24) is 9.88 Å². The topological polar surface area (TPSA) is 71.5 Å². The molecule has 0 radical (unpaired) electrons. The van der Waals surface area contributed by atoms with Crippen LogP contribution in [0.5, 0.6) is 0 Å². The number of ether oxygens (including phenoxy) is 1. The Morgan fingerprint density at radius 1 is 1.24 bits per heavy atom. The molecular weight excluding hydrogens is 393 g/mol. The maximum Gasteiger partial charge on any atom is 0.410 e. The van der Waals surface area contributed by atoms with Crippen LogP contribution in [0.4, 0.5) is 14.3 Å². The van der Waals surface area contributed by atoms with Crippen molar-refractivity contribution in [3.05, 3.63) is 46.2 Å². The fourth-order valence-electron chi connectivity index (χ4n) is 3.49. The van der Waals surface area contributed by atoms with Crippen molar-refractivity contribution in [2.24, 2.45) is 0 Å². The first-order valence-corrected chi connectivity index (χ1v) is 10.5. The van der Waals surface area contributed by atoms with E-state index < -0.39 is 11.0 Å². The first kappa shape index (κ1) is 19.8. The van der Waals surface area contributed by atoms with E-state index in [-0.39, 0.29) is 17.8 Å². The number of fused-ring (bicyclic) bond motifs is 1. The molecule has 2 amide bonds. The second-order valence-electron chi connectivity index (χ2n) is 8.58. The second-order valence-corrected chi connectivity index (χ2v) is 9.67. The van der Waals surface area contributed by atoms with Gasteiger partial charge in [0.05, 0.1) is 17.7 Å². The summed E-state index contributed by atoms with van der Waals surface area (Å²) in [4.78, 5) is 32.4. The molecule has 29 heavy (non-hydrogen) atoms. The second kappa shape index (κ2) is 7.09. The molecule has 2 aromatic rings. The Labute approximate surface area is 173 Å². The van der Waals surface area contributed by atoms with Gasteiger partial charge < -0.3 is 15.0 Å². The van der Waals surface area contributed by atoms with Crippen LogP contribution in [0, 0.1) is 5.82 Å². The van der Waals surface area contributed by atoms with Gasteiger partial charge in [-0.25, -0.2) is 14.2 Å². The lowest BCUT2D eigenvalue weighted by atomic mass is 9.95. The Hall–Kier alpha value is -2.48. The highest BCUT2D eigenvalue weighted by atomic mass is 32.1. The van der Waals surface area contributed by atoms with Crippen molar-refractivity contribution in [2.45, 2.75) is 57.6 Å². The summed E-state index contributed by atoms with van der Waals surface area (Å²) in [5.41, 5.74) is 0.608. The van der Waals surface area contributed by atoms with Crippen LogP contribution in [0.1, 0.15) is 49.7 Å². The number of thiazole rings is 1. The Balaban J connectivity index is 1.44. The van der Waals surface area contributed by atoms with Crippen molar-refractivity contribution in [3.63, 3.8) is 0 Å². The molecule has 0 unspecified atom stereocenters. The number of halogens is 1. The molecule has 0 saturated heterocycles. The molecule has 1 fully saturated rings. The predicted molar refractivity (Wildman–Crippen MR) is 108 cm³/mol. The molecular formula is C21H24FN3O3S. The number of carbonyl (C=O) groups is 2. The molecule has 1 N–H and O–H groups in total. The molecule has 0 bridgehead atoms. The Morgan fingerprint density at radius 3 is 2.55 bits per heavy atom. The van der Waals surface area contributed by atoms with Crippen LogP contribution in [0.15, 0.2) is 24.3 Å². The zero-order valence-electron chi connectivity index (χ0n) is 16.8. The summed E-state index contributed by atoms with van der Waals surface area (Å²) in [6.45, 7) is 6.50. The minimum absolute atomic E-state index is 0.112. The quantitative estimate of drug-likeness (QED) is 0.811. The molecule has 1 aliphatic heterocycles. The van der Waals surface area contributed by atoms with Crippen molar-refractivity contribution < 1.29 is 18.7 Å². The number of amides is 2. The lowest BCUT2D eigenvalue weighted by Crippen LogP contribution is -2.39. The maximum absolute atomic E-state index is 13.2. The predicted octanol–water partition coefficient (Wildman–Crippen LogP) is 4.25. The van der Waals surface area contributed by atoms with Crippen molar-refractivity contribution >= 4 is 28.5 Å². The normalized spacial score (nSPS) is 17.4. The van der Waals surface area contributed by atoms with E-state index in [0.717, 1.165) is 29.0 Å². The van der Waals surface area contributed by atoms with E-state index >= 15 is 0 Å². The van der Waals surface area contributed by atoms with E-state index in [1.165, 1.54) is 23.5 Å². The monoisotopic (exact) mass is 417 g/mol. The Kier molecular flexibility index (Phi) is 4.85. The molecule has 2 heterocycles. The van der Waals surface area contributed by atoms with Crippen LogP contribution in [0.3, 0.4) is 0 Å². The molecule has 6 nitrogen and oxygen atoms in total. The van der Waals surface area contributed by atoms with E-state index in [4.69, 9.17) is 4.74 Å². The average Bonchev–Trinajstić information content (AvgIpc) is 3.35. The zero-order valence-corrected chi connectivity index (χ0v) is 17.6. The summed E-state index contributed by atoms with van der Waals surface area (Å²) < 4.78 is 18.7. The van der Waals surface area contributed by atoms with Gasteiger partial charge in [-0.15, -0.1) is 0 Å². The highest BCUT2D eigenvalue weighted by Gasteiger charge is 2.51. The third kappa shape index (κ3) is 4.12. The van der Waals surface area contributed by atoms with Gasteiger partial charge in [0.25, 0.3) is 0 Å². The molecule has 0 spiro atoms. The molecule has 1 saturated carbocycles.